The van der Waals surface area contributed by atoms with Gasteiger partial charge in [0.05, 0.1) is 30.8 Å². The highest BCUT2D eigenvalue weighted by Gasteiger charge is 2.17. The molecule has 4 aromatic rings. The lowest BCUT2D eigenvalue weighted by Crippen LogP contribution is -2.04. The summed E-state index contributed by atoms with van der Waals surface area (Å²) in [6.45, 7) is 0. The largest absolute Gasteiger partial charge is 0.497 e. The first kappa shape index (κ1) is 14.5. The Kier molecular flexibility index (Phi) is 3.31. The third kappa shape index (κ3) is 2.15. The molecule has 0 amide bonds. The Labute approximate surface area is 138 Å². The standard InChI is InChI=1S/C20H15NO3/c1-23-14-7-8-17-16(11-14)19(20(22)24-2)15-9-12-5-3-4-6-13(12)10-18(15)21-17/h3-11H,1-2H3. The quantitative estimate of drug-likeness (QED) is 0.408. The fourth-order valence-corrected chi connectivity index (χ4v) is 3.06. The number of hydrogen-bond acceptors (Lipinski definition) is 4. The lowest BCUT2D eigenvalue weighted by atomic mass is 9.99. The van der Waals surface area contributed by atoms with Crippen LogP contribution in [0.1, 0.15) is 10.4 Å². The zero-order valence-corrected chi connectivity index (χ0v) is 13.4. The highest BCUT2D eigenvalue weighted by atomic mass is 16.5. The van der Waals surface area contributed by atoms with Gasteiger partial charge in [-0.05, 0) is 41.1 Å². The molecule has 0 fully saturated rings. The van der Waals surface area contributed by atoms with Crippen molar-refractivity contribution in [2.45, 2.75) is 0 Å². The maximum Gasteiger partial charge on any atom is 0.339 e. The average Bonchev–Trinajstić information content (AvgIpc) is 2.63. The van der Waals surface area contributed by atoms with Crippen LogP contribution < -0.4 is 4.74 Å². The molecule has 0 aliphatic carbocycles. The van der Waals surface area contributed by atoms with E-state index < -0.39 is 0 Å². The van der Waals surface area contributed by atoms with Gasteiger partial charge in [-0.1, -0.05) is 24.3 Å². The summed E-state index contributed by atoms with van der Waals surface area (Å²) >= 11 is 0. The van der Waals surface area contributed by atoms with E-state index in [-0.39, 0.29) is 5.97 Å². The summed E-state index contributed by atoms with van der Waals surface area (Å²) in [5.74, 6) is 0.297. The number of methoxy groups -OCH3 is 2. The molecule has 1 aromatic heterocycles. The number of esters is 1. The molecule has 0 atom stereocenters. The number of fused-ring (bicyclic) bond motifs is 3. The normalized spacial score (nSPS) is 11.1. The second-order valence-corrected chi connectivity index (χ2v) is 5.58. The minimum atomic E-state index is -0.379. The smallest absolute Gasteiger partial charge is 0.339 e. The maximum absolute atomic E-state index is 12.5. The molecule has 4 heteroatoms. The van der Waals surface area contributed by atoms with Crippen LogP contribution in [0, 0.1) is 0 Å². The molecular weight excluding hydrogens is 302 g/mol. The van der Waals surface area contributed by atoms with E-state index in [4.69, 9.17) is 14.5 Å². The summed E-state index contributed by atoms with van der Waals surface area (Å²) in [5, 5.41) is 3.64. The molecule has 0 saturated carbocycles. The van der Waals surface area contributed by atoms with Gasteiger partial charge < -0.3 is 9.47 Å². The number of ether oxygens (including phenoxy) is 2. The summed E-state index contributed by atoms with van der Waals surface area (Å²) in [6, 6.07) is 17.5. The SMILES string of the molecule is COC(=O)c1c2cc(OC)ccc2nc2cc3ccccc3cc12. The Balaban J connectivity index is 2.20. The maximum atomic E-state index is 12.5. The number of aromatic nitrogens is 1. The number of benzene rings is 3. The monoisotopic (exact) mass is 317 g/mol. The number of pyridine rings is 1. The van der Waals surface area contributed by atoms with Gasteiger partial charge in [0.25, 0.3) is 0 Å². The summed E-state index contributed by atoms with van der Waals surface area (Å²) in [7, 11) is 2.99. The number of carbonyl (C=O) groups is 1. The van der Waals surface area contributed by atoms with Crippen LogP contribution in [0.15, 0.2) is 54.6 Å². The van der Waals surface area contributed by atoms with Gasteiger partial charge in [0, 0.05) is 10.8 Å². The van der Waals surface area contributed by atoms with Crippen molar-refractivity contribution in [2.24, 2.45) is 0 Å². The van der Waals surface area contributed by atoms with Gasteiger partial charge in [-0.25, -0.2) is 9.78 Å². The van der Waals surface area contributed by atoms with Crippen molar-refractivity contribution in [3.8, 4) is 5.75 Å². The van der Waals surface area contributed by atoms with Crippen LogP contribution >= 0.6 is 0 Å². The van der Waals surface area contributed by atoms with Crippen molar-refractivity contribution in [3.63, 3.8) is 0 Å². The van der Waals surface area contributed by atoms with E-state index in [0.717, 1.165) is 32.6 Å². The predicted octanol–water partition coefficient (Wildman–Crippen LogP) is 4.34. The van der Waals surface area contributed by atoms with E-state index in [1.54, 1.807) is 7.11 Å². The predicted molar refractivity (Wildman–Crippen MR) is 94.6 cm³/mol. The zero-order chi connectivity index (χ0) is 16.7. The van der Waals surface area contributed by atoms with Crippen LogP contribution in [0.5, 0.6) is 5.75 Å². The van der Waals surface area contributed by atoms with E-state index >= 15 is 0 Å². The van der Waals surface area contributed by atoms with Crippen molar-refractivity contribution in [2.75, 3.05) is 14.2 Å². The van der Waals surface area contributed by atoms with Crippen LogP contribution in [-0.2, 0) is 4.74 Å². The summed E-state index contributed by atoms with van der Waals surface area (Å²) in [4.78, 5) is 17.2. The molecule has 0 aliphatic heterocycles. The molecule has 118 valence electrons. The van der Waals surface area contributed by atoms with E-state index in [2.05, 4.69) is 0 Å². The summed E-state index contributed by atoms with van der Waals surface area (Å²) in [6.07, 6.45) is 0. The first-order valence-corrected chi connectivity index (χ1v) is 7.60. The minimum absolute atomic E-state index is 0.379. The van der Waals surface area contributed by atoms with Crippen molar-refractivity contribution in [3.05, 3.63) is 60.2 Å². The van der Waals surface area contributed by atoms with Crippen molar-refractivity contribution in [1.82, 2.24) is 4.98 Å². The Bertz CT molecular complexity index is 1100. The summed E-state index contributed by atoms with van der Waals surface area (Å²) < 4.78 is 10.3. The Morgan fingerprint density at radius 3 is 2.29 bits per heavy atom. The third-order valence-corrected chi connectivity index (χ3v) is 4.24. The highest BCUT2D eigenvalue weighted by Crippen LogP contribution is 2.32. The van der Waals surface area contributed by atoms with Gasteiger partial charge in [-0.2, -0.15) is 0 Å². The molecule has 4 rings (SSSR count). The molecule has 3 aromatic carbocycles. The fourth-order valence-electron chi connectivity index (χ4n) is 3.06. The van der Waals surface area contributed by atoms with Crippen molar-refractivity contribution in [1.29, 1.82) is 0 Å². The van der Waals surface area contributed by atoms with Gasteiger partial charge in [0.2, 0.25) is 0 Å². The molecule has 24 heavy (non-hydrogen) atoms. The van der Waals surface area contributed by atoms with Gasteiger partial charge in [0.1, 0.15) is 5.75 Å². The second kappa shape index (κ2) is 5.49. The lowest BCUT2D eigenvalue weighted by molar-refractivity contribution is 0.0605. The van der Waals surface area contributed by atoms with Gasteiger partial charge in [-0.15, -0.1) is 0 Å². The third-order valence-electron chi connectivity index (χ3n) is 4.24. The van der Waals surface area contributed by atoms with Crippen molar-refractivity contribution >= 4 is 38.5 Å². The van der Waals surface area contributed by atoms with Crippen molar-refractivity contribution < 1.29 is 14.3 Å². The Morgan fingerprint density at radius 1 is 0.875 bits per heavy atom. The van der Waals surface area contributed by atoms with E-state index in [0.29, 0.717) is 11.3 Å². The van der Waals surface area contributed by atoms with E-state index in [9.17, 15) is 4.79 Å². The number of hydrogen-bond donors (Lipinski definition) is 0. The molecule has 1 heterocycles. The Morgan fingerprint density at radius 2 is 1.58 bits per heavy atom. The number of carbonyl (C=O) groups excluding carboxylic acids is 1. The fraction of sp³-hybridized carbons (Fsp3) is 0.100. The molecule has 4 nitrogen and oxygen atoms in total. The Hall–Kier alpha value is -3.14. The van der Waals surface area contributed by atoms with Gasteiger partial charge >= 0.3 is 5.97 Å². The number of nitrogens with zero attached hydrogens (tertiary/aromatic N) is 1. The summed E-state index contributed by atoms with van der Waals surface area (Å²) in [5.41, 5.74) is 2.02. The van der Waals surface area contributed by atoms with Gasteiger partial charge in [0.15, 0.2) is 0 Å². The molecule has 0 radical (unpaired) electrons. The molecule has 0 unspecified atom stereocenters. The van der Waals surface area contributed by atoms with E-state index in [1.807, 2.05) is 54.6 Å². The van der Waals surface area contributed by atoms with E-state index in [1.165, 1.54) is 7.11 Å². The van der Waals surface area contributed by atoms with Crippen LogP contribution in [0.2, 0.25) is 0 Å². The molecule has 0 saturated heterocycles. The van der Waals surface area contributed by atoms with Crippen LogP contribution in [-0.4, -0.2) is 25.2 Å². The first-order chi connectivity index (χ1) is 11.7. The molecule has 0 N–H and O–H groups in total. The molecule has 0 spiro atoms. The average molecular weight is 317 g/mol. The molecule has 0 aliphatic rings. The zero-order valence-electron chi connectivity index (χ0n) is 13.4. The molecular formula is C20H15NO3. The molecule has 0 bridgehead atoms. The second-order valence-electron chi connectivity index (χ2n) is 5.58. The van der Waals surface area contributed by atoms with Crippen LogP contribution in [0.25, 0.3) is 32.6 Å². The number of rotatable bonds is 2. The van der Waals surface area contributed by atoms with Gasteiger partial charge in [-0.3, -0.25) is 0 Å². The topological polar surface area (TPSA) is 48.4 Å². The minimum Gasteiger partial charge on any atom is -0.497 e. The van der Waals surface area contributed by atoms with Crippen LogP contribution in [0.3, 0.4) is 0 Å². The van der Waals surface area contributed by atoms with Crippen LogP contribution in [0.4, 0.5) is 0 Å². The lowest BCUT2D eigenvalue weighted by Gasteiger charge is -2.11. The first-order valence-electron chi connectivity index (χ1n) is 7.60. The highest BCUT2D eigenvalue weighted by molar-refractivity contribution is 6.16.